The third-order valence-corrected chi connectivity index (χ3v) is 11.0. The van der Waals surface area contributed by atoms with Crippen molar-refractivity contribution in [2.24, 2.45) is 28.6 Å². The largest absolute Gasteiger partial charge is 0.477 e. The summed E-state index contributed by atoms with van der Waals surface area (Å²) in [5.74, 6) is 1.29. The molecule has 10 nitrogen and oxygen atoms in total. The van der Waals surface area contributed by atoms with Gasteiger partial charge in [-0.05, 0) is 79.5 Å². The van der Waals surface area contributed by atoms with Gasteiger partial charge in [0.25, 0.3) is 5.91 Å². The highest BCUT2D eigenvalue weighted by Crippen LogP contribution is 2.68. The molecule has 3 aliphatic heterocycles. The number of carboxylic acids is 1. The van der Waals surface area contributed by atoms with E-state index in [2.05, 4.69) is 51.0 Å². The SMILES string of the molecule is Cc1cc(N2CCC(C)(C3CC4(CC4)C3)C2)cn2nc(C(=O)N3CC4CN(c5cccc(C(=O)O)n5)CC4C3)nc12. The van der Waals surface area contributed by atoms with Gasteiger partial charge in [-0.15, -0.1) is 5.10 Å². The van der Waals surface area contributed by atoms with Crippen molar-refractivity contribution in [2.45, 2.75) is 46.0 Å². The van der Waals surface area contributed by atoms with Crippen molar-refractivity contribution >= 4 is 29.0 Å². The minimum atomic E-state index is -1.02. The molecule has 3 atom stereocenters. The molecule has 3 unspecified atom stereocenters. The zero-order chi connectivity index (χ0) is 28.1. The molecule has 5 fully saturated rings. The lowest BCUT2D eigenvalue weighted by Gasteiger charge is -2.46. The number of carboxylic acid groups (broad SMARTS) is 1. The maximum atomic E-state index is 13.5. The number of amides is 1. The van der Waals surface area contributed by atoms with Gasteiger partial charge < -0.3 is 19.8 Å². The average Bonchev–Trinajstić information content (AvgIpc) is 3.24. The molecular formula is C31H37N7O3. The van der Waals surface area contributed by atoms with E-state index in [-0.39, 0.29) is 17.4 Å². The number of rotatable bonds is 5. The van der Waals surface area contributed by atoms with Crippen LogP contribution in [0.4, 0.5) is 11.5 Å². The second kappa shape index (κ2) is 8.66. The number of aromatic nitrogens is 4. The Labute approximate surface area is 239 Å². The van der Waals surface area contributed by atoms with E-state index in [1.165, 1.54) is 43.9 Å². The van der Waals surface area contributed by atoms with Gasteiger partial charge >= 0.3 is 5.97 Å². The molecule has 2 aliphatic carbocycles. The van der Waals surface area contributed by atoms with Crippen LogP contribution < -0.4 is 9.80 Å². The van der Waals surface area contributed by atoms with E-state index in [1.54, 1.807) is 10.6 Å². The van der Waals surface area contributed by atoms with E-state index in [0.717, 1.165) is 48.7 Å². The van der Waals surface area contributed by atoms with Crippen LogP contribution in [0.15, 0.2) is 30.5 Å². The summed E-state index contributed by atoms with van der Waals surface area (Å²) in [7, 11) is 0. The third kappa shape index (κ3) is 4.08. The summed E-state index contributed by atoms with van der Waals surface area (Å²) in [5.41, 5.74) is 4.12. The summed E-state index contributed by atoms with van der Waals surface area (Å²) in [6, 6.07) is 7.30. The number of nitrogens with zero attached hydrogens (tertiary/aromatic N) is 7. The normalized spacial score (nSPS) is 28.5. The number of aromatic carboxylic acids is 1. The van der Waals surface area contributed by atoms with Crippen LogP contribution in [0.5, 0.6) is 0 Å². The number of hydrogen-bond donors (Lipinski definition) is 1. The molecule has 6 heterocycles. The Hall–Kier alpha value is -3.69. The van der Waals surface area contributed by atoms with Gasteiger partial charge in [0.1, 0.15) is 5.82 Å². The van der Waals surface area contributed by atoms with E-state index < -0.39 is 5.97 Å². The Morgan fingerprint density at radius 2 is 1.76 bits per heavy atom. The van der Waals surface area contributed by atoms with Crippen LogP contribution in [0, 0.1) is 35.5 Å². The molecule has 3 saturated heterocycles. The van der Waals surface area contributed by atoms with E-state index >= 15 is 0 Å². The van der Waals surface area contributed by atoms with Gasteiger partial charge in [0.15, 0.2) is 11.3 Å². The van der Waals surface area contributed by atoms with Crippen LogP contribution in [-0.4, -0.2) is 80.7 Å². The van der Waals surface area contributed by atoms with Gasteiger partial charge in [-0.25, -0.2) is 19.3 Å². The van der Waals surface area contributed by atoms with E-state index in [1.807, 2.05) is 11.0 Å². The fourth-order valence-electron chi connectivity index (χ4n) is 8.20. The van der Waals surface area contributed by atoms with Crippen molar-refractivity contribution in [3.8, 4) is 0 Å². The maximum absolute atomic E-state index is 13.5. The van der Waals surface area contributed by atoms with Gasteiger partial charge in [-0.2, -0.15) is 0 Å². The zero-order valence-corrected chi connectivity index (χ0v) is 23.8. The second-order valence-electron chi connectivity index (χ2n) is 13.8. The Balaban J connectivity index is 0.946. The van der Waals surface area contributed by atoms with Crippen LogP contribution in [-0.2, 0) is 0 Å². The van der Waals surface area contributed by atoms with Gasteiger partial charge in [0, 0.05) is 51.1 Å². The Kier molecular flexibility index (Phi) is 5.29. The first-order valence-electron chi connectivity index (χ1n) is 15.1. The predicted octanol–water partition coefficient (Wildman–Crippen LogP) is 3.75. The van der Waals surface area contributed by atoms with Crippen LogP contribution >= 0.6 is 0 Å². The maximum Gasteiger partial charge on any atom is 0.354 e. The van der Waals surface area contributed by atoms with E-state index in [9.17, 15) is 14.7 Å². The lowest BCUT2D eigenvalue weighted by Crippen LogP contribution is -2.40. The van der Waals surface area contributed by atoms with Crippen molar-refractivity contribution in [1.29, 1.82) is 0 Å². The van der Waals surface area contributed by atoms with Gasteiger partial charge in [-0.1, -0.05) is 13.0 Å². The fraction of sp³-hybridized carbons (Fsp3) is 0.581. The van der Waals surface area contributed by atoms with Crippen LogP contribution in [0.2, 0.25) is 0 Å². The Morgan fingerprint density at radius 3 is 2.46 bits per heavy atom. The Morgan fingerprint density at radius 1 is 1.00 bits per heavy atom. The lowest BCUT2D eigenvalue weighted by atomic mass is 9.59. The number of likely N-dealkylation sites (tertiary alicyclic amines) is 1. The molecular weight excluding hydrogens is 518 g/mol. The first kappa shape index (κ1) is 25.1. The molecule has 1 spiro atoms. The molecule has 214 valence electrons. The van der Waals surface area contributed by atoms with E-state index in [4.69, 9.17) is 0 Å². The van der Waals surface area contributed by atoms with E-state index in [0.29, 0.717) is 36.2 Å². The highest BCUT2D eigenvalue weighted by Gasteiger charge is 2.58. The monoisotopic (exact) mass is 555 g/mol. The number of fused-ring (bicyclic) bond motifs is 2. The molecule has 0 aromatic carbocycles. The van der Waals surface area contributed by atoms with Gasteiger partial charge in [0.2, 0.25) is 5.82 Å². The van der Waals surface area contributed by atoms with Crippen LogP contribution in [0.3, 0.4) is 0 Å². The highest BCUT2D eigenvalue weighted by molar-refractivity contribution is 5.91. The van der Waals surface area contributed by atoms with Crippen LogP contribution in [0.25, 0.3) is 5.65 Å². The van der Waals surface area contributed by atoms with Gasteiger partial charge in [0.05, 0.1) is 11.9 Å². The molecule has 1 N–H and O–H groups in total. The fourth-order valence-corrected chi connectivity index (χ4v) is 8.20. The third-order valence-electron chi connectivity index (χ3n) is 11.0. The highest BCUT2D eigenvalue weighted by atomic mass is 16.4. The van der Waals surface area contributed by atoms with Crippen molar-refractivity contribution in [3.63, 3.8) is 0 Å². The molecule has 1 amide bonds. The number of carbonyl (C=O) groups excluding carboxylic acids is 1. The molecule has 3 aromatic heterocycles. The van der Waals surface area contributed by atoms with Crippen molar-refractivity contribution in [2.75, 3.05) is 49.1 Å². The Bertz CT molecular complexity index is 1560. The second-order valence-corrected chi connectivity index (χ2v) is 13.8. The van der Waals surface area contributed by atoms with Crippen molar-refractivity contribution in [1.82, 2.24) is 24.5 Å². The molecule has 41 heavy (non-hydrogen) atoms. The van der Waals surface area contributed by atoms with Crippen LogP contribution in [0.1, 0.15) is 65.7 Å². The topological polar surface area (TPSA) is 107 Å². The predicted molar refractivity (Wildman–Crippen MR) is 153 cm³/mol. The molecule has 2 saturated carbocycles. The summed E-state index contributed by atoms with van der Waals surface area (Å²) in [6.45, 7) is 9.49. The number of carbonyl (C=O) groups is 2. The molecule has 8 rings (SSSR count). The number of hydrogen-bond acceptors (Lipinski definition) is 7. The quantitative estimate of drug-likeness (QED) is 0.508. The molecule has 0 radical (unpaired) electrons. The molecule has 5 aliphatic rings. The average molecular weight is 556 g/mol. The molecule has 10 heteroatoms. The minimum Gasteiger partial charge on any atom is -0.477 e. The lowest BCUT2D eigenvalue weighted by molar-refractivity contribution is 0.0487. The zero-order valence-electron chi connectivity index (χ0n) is 23.8. The molecule has 0 bridgehead atoms. The first-order valence-corrected chi connectivity index (χ1v) is 15.1. The summed E-state index contributed by atoms with van der Waals surface area (Å²) >= 11 is 0. The number of anilines is 2. The van der Waals surface area contributed by atoms with Gasteiger partial charge in [-0.3, -0.25) is 4.79 Å². The summed E-state index contributed by atoms with van der Waals surface area (Å²) in [4.78, 5) is 40.3. The smallest absolute Gasteiger partial charge is 0.354 e. The summed E-state index contributed by atoms with van der Waals surface area (Å²) < 4.78 is 1.80. The molecule has 3 aromatic rings. The number of aryl methyl sites for hydroxylation is 1. The summed E-state index contributed by atoms with van der Waals surface area (Å²) in [5, 5.41) is 14.0. The number of pyridine rings is 2. The first-order chi connectivity index (χ1) is 19.7. The standard InChI is InChI=1S/C31H37N7O3/c1-19-10-23(35-9-8-30(2,18-35)22-11-31(12-22)6-7-31)17-38-27(19)33-26(34-38)28(39)37-15-20-13-36(14-21(20)16-37)25-5-3-4-24(32-25)29(40)41/h3-5,10,17,20-22H,6-9,11-16,18H2,1-2H3,(H,40,41). The van der Waals surface area contributed by atoms with Crippen molar-refractivity contribution in [3.05, 3.63) is 47.5 Å². The van der Waals surface area contributed by atoms with Crippen molar-refractivity contribution < 1.29 is 14.7 Å². The minimum absolute atomic E-state index is 0.0522. The summed E-state index contributed by atoms with van der Waals surface area (Å²) in [6.07, 6.45) is 9.04.